The zero-order chi connectivity index (χ0) is 8.85. The molecule has 0 rings (SSSR count). The molecule has 11 heavy (non-hydrogen) atoms. The summed E-state index contributed by atoms with van der Waals surface area (Å²) in [4.78, 5) is 0. The summed E-state index contributed by atoms with van der Waals surface area (Å²) in [7, 11) is 0. The Hall–Kier alpha value is 0.570. The summed E-state index contributed by atoms with van der Waals surface area (Å²) >= 11 is 1.62. The number of hydrogen-bond acceptors (Lipinski definition) is 4. The van der Waals surface area contributed by atoms with E-state index in [0.29, 0.717) is 6.42 Å². The van der Waals surface area contributed by atoms with Crippen LogP contribution in [0.5, 0.6) is 0 Å². The molecule has 3 N–H and O–H groups in total. The molecule has 3 unspecified atom stereocenters. The monoisotopic (exact) mass is 276 g/mol. The number of hydrogen-bond donors (Lipinski definition) is 3. The molecule has 0 heterocycles. The minimum Gasteiger partial charge on any atom is -0.390 e. The van der Waals surface area contributed by atoms with Crippen LogP contribution in [0, 0.1) is 0 Å². The molecule has 0 spiro atoms. The molecule has 0 saturated heterocycles. The highest BCUT2D eigenvalue weighted by atomic mass is 127. The molecule has 5 heteroatoms. The van der Waals surface area contributed by atoms with Crippen molar-refractivity contribution in [2.45, 2.75) is 31.7 Å². The zero-order valence-corrected chi connectivity index (χ0v) is 8.43. The van der Waals surface area contributed by atoms with Crippen LogP contribution >= 0.6 is 23.0 Å². The van der Waals surface area contributed by atoms with Gasteiger partial charge in [-0.3, -0.25) is 0 Å². The summed E-state index contributed by atoms with van der Waals surface area (Å²) in [6.45, 7) is 1.75. The molecule has 0 aliphatic rings. The third-order valence-corrected chi connectivity index (χ3v) is 1.80. The van der Waals surface area contributed by atoms with Crippen LogP contribution in [0.2, 0.25) is 0 Å². The van der Waals surface area contributed by atoms with Crippen molar-refractivity contribution in [1.29, 1.82) is 0 Å². The van der Waals surface area contributed by atoms with E-state index in [4.69, 9.17) is 15.3 Å². The van der Waals surface area contributed by atoms with Crippen LogP contribution in [0.3, 0.4) is 0 Å². The van der Waals surface area contributed by atoms with Crippen LogP contribution < -0.4 is 0 Å². The Bertz CT molecular complexity index is 101. The van der Waals surface area contributed by atoms with Gasteiger partial charge >= 0.3 is 0 Å². The number of aliphatic hydroxyl groups is 3. The summed E-state index contributed by atoms with van der Waals surface area (Å²) in [5.41, 5.74) is 0. The fourth-order valence-electron chi connectivity index (χ4n) is 0.661. The SMILES string of the molecule is CCC(O)C(O)C(O)COI. The maximum atomic E-state index is 9.13. The van der Waals surface area contributed by atoms with E-state index >= 15 is 0 Å². The van der Waals surface area contributed by atoms with Gasteiger partial charge in [0.1, 0.15) is 35.2 Å². The molecule has 0 amide bonds. The highest BCUT2D eigenvalue weighted by Gasteiger charge is 2.22. The van der Waals surface area contributed by atoms with Crippen LogP contribution in [0.15, 0.2) is 0 Å². The summed E-state index contributed by atoms with van der Waals surface area (Å²) in [5.74, 6) is 0. The number of halogens is 1. The van der Waals surface area contributed by atoms with E-state index in [1.165, 1.54) is 0 Å². The molecule has 4 nitrogen and oxygen atoms in total. The topological polar surface area (TPSA) is 69.9 Å². The molecule has 0 aliphatic heterocycles. The van der Waals surface area contributed by atoms with Gasteiger partial charge in [0.05, 0.1) is 12.7 Å². The van der Waals surface area contributed by atoms with Gasteiger partial charge < -0.3 is 18.4 Å². The molecular weight excluding hydrogens is 263 g/mol. The van der Waals surface area contributed by atoms with Crippen molar-refractivity contribution in [2.75, 3.05) is 6.61 Å². The molecule has 0 aromatic rings. The smallest absolute Gasteiger partial charge is 0.109 e. The maximum absolute atomic E-state index is 9.13. The van der Waals surface area contributed by atoms with Crippen LogP contribution in [0.4, 0.5) is 0 Å². The zero-order valence-electron chi connectivity index (χ0n) is 6.27. The molecule has 0 fully saturated rings. The Labute approximate surface area is 79.9 Å². The number of aliphatic hydroxyl groups excluding tert-OH is 3. The van der Waals surface area contributed by atoms with Gasteiger partial charge in [-0.15, -0.1) is 0 Å². The van der Waals surface area contributed by atoms with Crippen molar-refractivity contribution in [3.05, 3.63) is 0 Å². The lowest BCUT2D eigenvalue weighted by molar-refractivity contribution is -0.0691. The van der Waals surface area contributed by atoms with Crippen molar-refractivity contribution in [2.24, 2.45) is 0 Å². The summed E-state index contributed by atoms with van der Waals surface area (Å²) in [5, 5.41) is 27.3. The van der Waals surface area contributed by atoms with Gasteiger partial charge in [0.15, 0.2) is 0 Å². The average Bonchev–Trinajstić information content (AvgIpc) is 2.02. The Balaban J connectivity index is 3.70. The third-order valence-electron chi connectivity index (χ3n) is 1.44. The molecule has 0 saturated carbocycles. The maximum Gasteiger partial charge on any atom is 0.109 e. The van der Waals surface area contributed by atoms with E-state index in [1.807, 2.05) is 0 Å². The Morgan fingerprint density at radius 3 is 2.18 bits per heavy atom. The van der Waals surface area contributed by atoms with Gasteiger partial charge in [0.25, 0.3) is 0 Å². The first-order valence-electron chi connectivity index (χ1n) is 3.41. The Morgan fingerprint density at radius 2 is 1.82 bits per heavy atom. The molecule has 0 aliphatic carbocycles. The van der Waals surface area contributed by atoms with Crippen molar-refractivity contribution in [3.63, 3.8) is 0 Å². The second kappa shape index (κ2) is 6.13. The molecule has 0 bridgehead atoms. The van der Waals surface area contributed by atoms with E-state index < -0.39 is 18.3 Å². The van der Waals surface area contributed by atoms with Gasteiger partial charge in [0, 0.05) is 0 Å². The van der Waals surface area contributed by atoms with Crippen molar-refractivity contribution < 1.29 is 18.4 Å². The predicted octanol–water partition coefficient (Wildman–Crippen LogP) is -0.154. The van der Waals surface area contributed by atoms with E-state index in [0.717, 1.165) is 0 Å². The third kappa shape index (κ3) is 4.22. The van der Waals surface area contributed by atoms with Gasteiger partial charge in [-0.1, -0.05) is 6.92 Å². The second-order valence-electron chi connectivity index (χ2n) is 2.31. The van der Waals surface area contributed by atoms with Crippen molar-refractivity contribution in [3.8, 4) is 0 Å². The highest BCUT2D eigenvalue weighted by Crippen LogP contribution is 2.05. The Kier molecular flexibility index (Phi) is 6.44. The van der Waals surface area contributed by atoms with E-state index in [9.17, 15) is 0 Å². The second-order valence-corrected chi connectivity index (χ2v) is 2.93. The first kappa shape index (κ1) is 11.6. The van der Waals surface area contributed by atoms with Crippen LogP contribution in [-0.4, -0.2) is 40.2 Å². The van der Waals surface area contributed by atoms with E-state index in [-0.39, 0.29) is 6.61 Å². The van der Waals surface area contributed by atoms with Gasteiger partial charge in [-0.2, -0.15) is 0 Å². The van der Waals surface area contributed by atoms with Gasteiger partial charge in [0.2, 0.25) is 0 Å². The predicted molar refractivity (Wildman–Crippen MR) is 48.3 cm³/mol. The molecule has 0 radical (unpaired) electrons. The van der Waals surface area contributed by atoms with Crippen LogP contribution in [0.1, 0.15) is 13.3 Å². The lowest BCUT2D eigenvalue weighted by atomic mass is 10.1. The quantitative estimate of drug-likeness (QED) is 0.611. The van der Waals surface area contributed by atoms with Gasteiger partial charge in [-0.25, -0.2) is 0 Å². The fraction of sp³-hybridized carbons (Fsp3) is 1.00. The minimum atomic E-state index is -1.12. The molecule has 3 atom stereocenters. The molecule has 0 aromatic carbocycles. The van der Waals surface area contributed by atoms with E-state index in [1.54, 1.807) is 29.9 Å². The number of rotatable bonds is 5. The summed E-state index contributed by atoms with van der Waals surface area (Å²) in [6, 6.07) is 0. The van der Waals surface area contributed by atoms with Crippen molar-refractivity contribution in [1.82, 2.24) is 0 Å². The van der Waals surface area contributed by atoms with Crippen LogP contribution in [-0.2, 0) is 3.07 Å². The first-order chi connectivity index (χ1) is 5.13. The fourth-order valence-corrected chi connectivity index (χ4v) is 1.03. The highest BCUT2D eigenvalue weighted by molar-refractivity contribution is 14.1. The summed E-state index contributed by atoms with van der Waals surface area (Å²) in [6.07, 6.45) is -2.59. The minimum absolute atomic E-state index is 0.0266. The van der Waals surface area contributed by atoms with Crippen molar-refractivity contribution >= 4 is 23.0 Å². The van der Waals surface area contributed by atoms with Gasteiger partial charge in [-0.05, 0) is 6.42 Å². The molecular formula is C6H13IO4. The summed E-state index contributed by atoms with van der Waals surface area (Å²) < 4.78 is 4.57. The molecule has 68 valence electrons. The van der Waals surface area contributed by atoms with E-state index in [2.05, 4.69) is 3.07 Å². The lowest BCUT2D eigenvalue weighted by Crippen LogP contribution is -2.39. The normalized spacial score (nSPS) is 19.4. The lowest BCUT2D eigenvalue weighted by Gasteiger charge is -2.20. The van der Waals surface area contributed by atoms with Crippen LogP contribution in [0.25, 0.3) is 0 Å². The molecule has 0 aromatic heterocycles. The largest absolute Gasteiger partial charge is 0.390 e. The first-order valence-corrected chi connectivity index (χ1v) is 4.29. The average molecular weight is 276 g/mol. The Morgan fingerprint density at radius 1 is 1.27 bits per heavy atom. The standard InChI is InChI=1S/C6H13IO4/c1-2-4(8)6(10)5(9)3-11-7/h4-6,8-10H,2-3H2,1H3.